The first-order valence-corrected chi connectivity index (χ1v) is 7.83. The van der Waals surface area contributed by atoms with Crippen LogP contribution in [0.25, 0.3) is 0 Å². The van der Waals surface area contributed by atoms with Gasteiger partial charge in [-0.05, 0) is 30.6 Å². The van der Waals surface area contributed by atoms with Crippen LogP contribution in [0.5, 0.6) is 0 Å². The maximum Gasteiger partial charge on any atom is 0.355 e. The Bertz CT molecular complexity index is 515. The van der Waals surface area contributed by atoms with Crippen molar-refractivity contribution < 1.29 is 18.4 Å². The number of carbonyl (C=O) groups is 1. The second kappa shape index (κ2) is 3.19. The number of carbonyl (C=O) groups excluding carboxylic acids is 1. The molecule has 2 saturated carbocycles. The first kappa shape index (κ1) is 12.2. The summed E-state index contributed by atoms with van der Waals surface area (Å²) in [7, 11) is -3.61. The fraction of sp³-hybridized carbons (Fsp3) is 0.909. The van der Waals surface area contributed by atoms with E-state index in [1.54, 1.807) is 0 Å². The summed E-state index contributed by atoms with van der Waals surface area (Å²) in [6.45, 7) is 4.22. The average molecular weight is 274 g/mol. The molecule has 102 valence electrons. The third-order valence-electron chi connectivity index (χ3n) is 5.71. The van der Waals surface area contributed by atoms with Gasteiger partial charge in [0.1, 0.15) is 0 Å². The number of nitrogens with zero attached hydrogens (tertiary/aromatic N) is 1. The molecule has 3 atom stereocenters. The minimum absolute atomic E-state index is 0.0294. The van der Waals surface area contributed by atoms with Crippen molar-refractivity contribution in [2.75, 3.05) is 5.75 Å². The molecule has 1 spiro atoms. The molecule has 2 aliphatic carbocycles. The third-order valence-corrected chi connectivity index (χ3v) is 7.61. The highest BCUT2D eigenvalue weighted by Gasteiger charge is 2.72. The lowest BCUT2D eigenvalue weighted by molar-refractivity contribution is 0.101. The Morgan fingerprint density at radius 2 is 2.11 bits per heavy atom. The van der Waals surface area contributed by atoms with E-state index < -0.39 is 16.1 Å². The van der Waals surface area contributed by atoms with Crippen molar-refractivity contribution in [3.8, 4) is 0 Å². The Balaban J connectivity index is 2.11. The topological polar surface area (TPSA) is 86.7 Å². The molecule has 3 fully saturated rings. The van der Waals surface area contributed by atoms with Gasteiger partial charge in [-0.15, -0.1) is 0 Å². The van der Waals surface area contributed by atoms with Crippen molar-refractivity contribution in [2.24, 2.45) is 16.7 Å². The van der Waals surface area contributed by atoms with Gasteiger partial charge in [0.15, 0.2) is 0 Å². The number of urea groups is 1. The minimum atomic E-state index is -3.61. The van der Waals surface area contributed by atoms with Crippen LogP contribution in [-0.4, -0.2) is 35.8 Å². The van der Waals surface area contributed by atoms with Gasteiger partial charge in [0, 0.05) is 5.41 Å². The van der Waals surface area contributed by atoms with Crippen LogP contribution in [0, 0.1) is 16.7 Å². The molecule has 7 heteroatoms. The number of rotatable bonds is 0. The predicted octanol–water partition coefficient (Wildman–Crippen LogP) is 0.926. The predicted molar refractivity (Wildman–Crippen MR) is 63.3 cm³/mol. The highest BCUT2D eigenvalue weighted by atomic mass is 32.2. The van der Waals surface area contributed by atoms with Crippen molar-refractivity contribution in [3.05, 3.63) is 0 Å². The summed E-state index contributed by atoms with van der Waals surface area (Å²) in [5, 5.41) is 8.74. The van der Waals surface area contributed by atoms with Crippen molar-refractivity contribution in [3.63, 3.8) is 0 Å². The van der Waals surface area contributed by atoms with Crippen LogP contribution < -0.4 is 5.48 Å². The fourth-order valence-electron chi connectivity index (χ4n) is 4.61. The van der Waals surface area contributed by atoms with E-state index in [0.717, 1.165) is 23.6 Å². The molecule has 0 radical (unpaired) electrons. The van der Waals surface area contributed by atoms with E-state index in [2.05, 4.69) is 13.8 Å². The monoisotopic (exact) mass is 274 g/mol. The van der Waals surface area contributed by atoms with Crippen LogP contribution >= 0.6 is 0 Å². The van der Waals surface area contributed by atoms with Gasteiger partial charge >= 0.3 is 6.03 Å². The van der Waals surface area contributed by atoms with Gasteiger partial charge in [-0.25, -0.2) is 23.0 Å². The average Bonchev–Trinajstić information content (AvgIpc) is 2.74. The highest BCUT2D eigenvalue weighted by Crippen LogP contribution is 2.69. The van der Waals surface area contributed by atoms with Crippen molar-refractivity contribution in [1.29, 1.82) is 0 Å². The number of hydroxylamine groups is 1. The fourth-order valence-corrected chi connectivity index (χ4v) is 7.07. The van der Waals surface area contributed by atoms with Crippen LogP contribution in [0.15, 0.2) is 0 Å². The molecule has 3 rings (SSSR count). The maximum absolute atomic E-state index is 12.2. The lowest BCUT2D eigenvalue weighted by Gasteiger charge is -2.36. The molecule has 0 aromatic carbocycles. The molecule has 0 unspecified atom stereocenters. The second-order valence-electron chi connectivity index (χ2n) is 6.33. The normalized spacial score (nSPS) is 42.9. The first-order valence-electron chi connectivity index (χ1n) is 6.22. The molecule has 0 aromatic rings. The largest absolute Gasteiger partial charge is 0.355 e. The molecule has 2 bridgehead atoms. The Hall–Kier alpha value is -0.820. The standard InChI is InChI=1S/C11H18N2O4S/c1-10(2)7-3-4-11(10)6-18(16,17)13(8(11)5-7)9(14)12-15/h7-8,15H,3-6H2,1-2H3,(H,12,14)/t7-,8-,11-/m0/s1. The Morgan fingerprint density at radius 3 is 2.67 bits per heavy atom. The zero-order valence-electron chi connectivity index (χ0n) is 10.5. The molecule has 0 aromatic heterocycles. The van der Waals surface area contributed by atoms with Gasteiger partial charge in [-0.1, -0.05) is 13.8 Å². The van der Waals surface area contributed by atoms with Gasteiger partial charge in [0.25, 0.3) is 0 Å². The van der Waals surface area contributed by atoms with E-state index in [4.69, 9.17) is 5.21 Å². The van der Waals surface area contributed by atoms with Gasteiger partial charge < -0.3 is 0 Å². The summed E-state index contributed by atoms with van der Waals surface area (Å²) in [6, 6.07) is -1.20. The summed E-state index contributed by atoms with van der Waals surface area (Å²) in [6.07, 6.45) is 2.61. The van der Waals surface area contributed by atoms with Gasteiger partial charge in [0.2, 0.25) is 10.0 Å². The van der Waals surface area contributed by atoms with Gasteiger partial charge in [-0.3, -0.25) is 5.21 Å². The van der Waals surface area contributed by atoms with Crippen LogP contribution in [0.1, 0.15) is 33.1 Å². The molecule has 1 aliphatic heterocycles. The second-order valence-corrected chi connectivity index (χ2v) is 8.18. The Kier molecular flexibility index (Phi) is 2.17. The number of hydrogen-bond acceptors (Lipinski definition) is 4. The summed E-state index contributed by atoms with van der Waals surface area (Å²) < 4.78 is 25.3. The number of hydrogen-bond donors (Lipinski definition) is 2. The zero-order chi connectivity index (χ0) is 13.3. The minimum Gasteiger partial charge on any atom is -0.287 e. The van der Waals surface area contributed by atoms with Gasteiger partial charge in [0.05, 0.1) is 11.8 Å². The molecule has 1 saturated heterocycles. The van der Waals surface area contributed by atoms with E-state index in [1.807, 2.05) is 0 Å². The van der Waals surface area contributed by atoms with Crippen LogP contribution in [0.4, 0.5) is 4.79 Å². The van der Waals surface area contributed by atoms with Crippen LogP contribution in [0.2, 0.25) is 0 Å². The third kappa shape index (κ3) is 1.12. The van der Waals surface area contributed by atoms with Crippen molar-refractivity contribution in [2.45, 2.75) is 39.2 Å². The van der Waals surface area contributed by atoms with Crippen molar-refractivity contribution >= 4 is 16.1 Å². The Morgan fingerprint density at radius 1 is 1.44 bits per heavy atom. The molecular weight excluding hydrogens is 256 g/mol. The van der Waals surface area contributed by atoms with E-state index in [0.29, 0.717) is 5.92 Å². The maximum atomic E-state index is 12.2. The quantitative estimate of drug-likeness (QED) is 0.508. The van der Waals surface area contributed by atoms with E-state index in [9.17, 15) is 13.2 Å². The van der Waals surface area contributed by atoms with Crippen LogP contribution in [0.3, 0.4) is 0 Å². The number of nitrogens with one attached hydrogen (secondary N) is 1. The highest BCUT2D eigenvalue weighted by molar-refractivity contribution is 7.90. The first-order chi connectivity index (χ1) is 8.26. The lowest BCUT2D eigenvalue weighted by atomic mass is 9.69. The van der Waals surface area contributed by atoms with Gasteiger partial charge in [-0.2, -0.15) is 0 Å². The van der Waals surface area contributed by atoms with Crippen molar-refractivity contribution in [1.82, 2.24) is 9.79 Å². The molecule has 3 aliphatic rings. The molecular formula is C11H18N2O4S. The summed E-state index contributed by atoms with van der Waals surface area (Å²) in [5.41, 5.74) is 1.08. The Labute approximate surface area is 106 Å². The van der Waals surface area contributed by atoms with Crippen LogP contribution in [-0.2, 0) is 10.0 Å². The SMILES string of the molecule is CC1(C)[C@H]2CC[C@@]13CS(=O)(=O)N(C(=O)NO)[C@H]3C2. The lowest BCUT2D eigenvalue weighted by Crippen LogP contribution is -2.47. The number of fused-ring (bicyclic) bond motifs is 1. The number of sulfonamides is 1. The summed E-state index contributed by atoms with van der Waals surface area (Å²) in [5.74, 6) is 0.494. The molecule has 1 heterocycles. The number of amides is 2. The molecule has 2 amide bonds. The molecule has 18 heavy (non-hydrogen) atoms. The zero-order valence-corrected chi connectivity index (χ0v) is 11.3. The molecule has 2 N–H and O–H groups in total. The molecule has 6 nitrogen and oxygen atoms in total. The van der Waals surface area contributed by atoms with E-state index >= 15 is 0 Å². The van der Waals surface area contributed by atoms with E-state index in [1.165, 1.54) is 5.48 Å². The summed E-state index contributed by atoms with van der Waals surface area (Å²) in [4.78, 5) is 11.6. The smallest absolute Gasteiger partial charge is 0.287 e. The van der Waals surface area contributed by atoms with E-state index in [-0.39, 0.29) is 22.6 Å². The summed E-state index contributed by atoms with van der Waals surface area (Å²) >= 11 is 0.